The minimum Gasteiger partial charge on any atom is -0.497 e. The number of imidazole rings is 1. The van der Waals surface area contributed by atoms with Crippen LogP contribution in [0.3, 0.4) is 0 Å². The molecule has 128 valence electrons. The first kappa shape index (κ1) is 17.3. The number of thioether (sulfide) groups is 1. The summed E-state index contributed by atoms with van der Waals surface area (Å²) in [4.78, 5) is 20.4. The second-order valence-corrected chi connectivity index (χ2v) is 6.36. The average Bonchev–Trinajstić information content (AvgIpc) is 3.10. The van der Waals surface area contributed by atoms with Gasteiger partial charge in [-0.05, 0) is 24.3 Å². The highest BCUT2D eigenvalue weighted by Crippen LogP contribution is 2.23. The quantitative estimate of drug-likeness (QED) is 0.667. The molecule has 0 saturated heterocycles. The molecule has 0 aliphatic heterocycles. The second-order valence-electron chi connectivity index (χ2n) is 4.98. The van der Waals surface area contributed by atoms with Crippen LogP contribution in [-0.2, 0) is 4.79 Å². The van der Waals surface area contributed by atoms with Gasteiger partial charge in [0.15, 0.2) is 5.16 Å². The molecule has 0 fully saturated rings. The van der Waals surface area contributed by atoms with Crippen molar-refractivity contribution in [2.45, 2.75) is 5.16 Å². The topological polar surface area (TPSA) is 69.0 Å². The van der Waals surface area contributed by atoms with Crippen molar-refractivity contribution in [3.63, 3.8) is 0 Å². The van der Waals surface area contributed by atoms with Crippen LogP contribution in [0.5, 0.6) is 5.75 Å². The molecule has 2 aromatic heterocycles. The molecule has 25 heavy (non-hydrogen) atoms. The normalized spacial score (nSPS) is 10.5. The van der Waals surface area contributed by atoms with E-state index >= 15 is 0 Å². The molecule has 0 aliphatic rings. The number of hydrogen-bond donors (Lipinski definition) is 1. The van der Waals surface area contributed by atoms with Crippen LogP contribution in [0.25, 0.3) is 5.69 Å². The van der Waals surface area contributed by atoms with Crippen LogP contribution < -0.4 is 10.1 Å². The number of anilines is 1. The van der Waals surface area contributed by atoms with Gasteiger partial charge >= 0.3 is 0 Å². The number of nitrogens with zero attached hydrogens (tertiary/aromatic N) is 3. The van der Waals surface area contributed by atoms with Crippen LogP contribution in [0.4, 0.5) is 5.82 Å². The zero-order chi connectivity index (χ0) is 17.6. The molecule has 0 atom stereocenters. The van der Waals surface area contributed by atoms with Crippen molar-refractivity contribution in [3.8, 4) is 11.4 Å². The van der Waals surface area contributed by atoms with Crippen molar-refractivity contribution in [1.82, 2.24) is 14.5 Å². The largest absolute Gasteiger partial charge is 0.497 e. The Kier molecular flexibility index (Phi) is 5.57. The van der Waals surface area contributed by atoms with Crippen molar-refractivity contribution in [3.05, 3.63) is 60.0 Å². The number of amides is 1. The van der Waals surface area contributed by atoms with Gasteiger partial charge in [0.05, 0.1) is 23.6 Å². The molecule has 0 bridgehead atoms. The number of benzene rings is 1. The smallest absolute Gasteiger partial charge is 0.236 e. The van der Waals surface area contributed by atoms with Crippen molar-refractivity contribution in [1.29, 1.82) is 0 Å². The van der Waals surface area contributed by atoms with Gasteiger partial charge in [0, 0.05) is 24.7 Å². The standard InChI is InChI=1S/C17H15ClN4O2S/c1-24-14-4-2-3-13(9-14)22-8-7-19-17(22)25-11-16(23)21-15-6-5-12(18)10-20-15/h2-10H,11H2,1H3,(H,20,21,23). The molecule has 2 heterocycles. The van der Waals surface area contributed by atoms with Crippen LogP contribution in [-0.4, -0.2) is 33.3 Å². The predicted molar refractivity (Wildman–Crippen MR) is 98.7 cm³/mol. The first-order valence-electron chi connectivity index (χ1n) is 7.37. The van der Waals surface area contributed by atoms with E-state index in [1.165, 1.54) is 18.0 Å². The van der Waals surface area contributed by atoms with Gasteiger partial charge in [-0.1, -0.05) is 29.4 Å². The Morgan fingerprint density at radius 1 is 1.32 bits per heavy atom. The highest BCUT2D eigenvalue weighted by atomic mass is 35.5. The van der Waals surface area contributed by atoms with Crippen LogP contribution in [0, 0.1) is 0 Å². The molecule has 3 aromatic rings. The minimum absolute atomic E-state index is 0.167. The van der Waals surface area contributed by atoms with Gasteiger partial charge in [-0.15, -0.1) is 0 Å². The summed E-state index contributed by atoms with van der Waals surface area (Å²) in [7, 11) is 1.62. The molecule has 0 saturated carbocycles. The Morgan fingerprint density at radius 2 is 2.20 bits per heavy atom. The van der Waals surface area contributed by atoms with Gasteiger partial charge in [0.2, 0.25) is 5.91 Å². The van der Waals surface area contributed by atoms with E-state index in [-0.39, 0.29) is 11.7 Å². The lowest BCUT2D eigenvalue weighted by Crippen LogP contribution is -2.15. The fraction of sp³-hybridized carbons (Fsp3) is 0.118. The van der Waals surface area contributed by atoms with Crippen LogP contribution >= 0.6 is 23.4 Å². The summed E-state index contributed by atoms with van der Waals surface area (Å²) >= 11 is 7.11. The van der Waals surface area contributed by atoms with E-state index in [0.29, 0.717) is 16.0 Å². The van der Waals surface area contributed by atoms with E-state index in [9.17, 15) is 4.79 Å². The van der Waals surface area contributed by atoms with Crippen LogP contribution in [0.15, 0.2) is 60.1 Å². The van der Waals surface area contributed by atoms with Crippen molar-refractivity contribution in [2.75, 3.05) is 18.2 Å². The van der Waals surface area contributed by atoms with Crippen LogP contribution in [0.1, 0.15) is 0 Å². The maximum absolute atomic E-state index is 12.1. The number of aromatic nitrogens is 3. The molecular weight excluding hydrogens is 360 g/mol. The first-order chi connectivity index (χ1) is 12.2. The maximum Gasteiger partial charge on any atom is 0.236 e. The van der Waals surface area contributed by atoms with Gasteiger partial charge in [0.25, 0.3) is 0 Å². The molecule has 6 nitrogen and oxygen atoms in total. The van der Waals surface area contributed by atoms with Gasteiger partial charge in [-0.25, -0.2) is 9.97 Å². The van der Waals surface area contributed by atoms with Crippen LogP contribution in [0.2, 0.25) is 5.02 Å². The van der Waals surface area contributed by atoms with E-state index in [1.807, 2.05) is 35.0 Å². The molecule has 0 aliphatic carbocycles. The number of pyridine rings is 1. The number of rotatable bonds is 6. The predicted octanol–water partition coefficient (Wildman–Crippen LogP) is 3.66. The molecule has 0 radical (unpaired) electrons. The molecule has 0 unspecified atom stereocenters. The molecular formula is C17H15ClN4O2S. The summed E-state index contributed by atoms with van der Waals surface area (Å²) in [6.45, 7) is 0. The van der Waals surface area contributed by atoms with E-state index in [1.54, 1.807) is 25.4 Å². The van der Waals surface area contributed by atoms with Crippen molar-refractivity contribution >= 4 is 35.1 Å². The van der Waals surface area contributed by atoms with Gasteiger partial charge < -0.3 is 10.1 Å². The number of ether oxygens (including phenoxy) is 1. The summed E-state index contributed by atoms with van der Waals surface area (Å²) in [5.74, 6) is 1.27. The van der Waals surface area contributed by atoms with Gasteiger partial charge in [0.1, 0.15) is 11.6 Å². The molecule has 8 heteroatoms. The Bertz CT molecular complexity index is 867. The Morgan fingerprint density at radius 3 is 2.96 bits per heavy atom. The highest BCUT2D eigenvalue weighted by Gasteiger charge is 2.10. The number of halogens is 1. The number of nitrogens with one attached hydrogen (secondary N) is 1. The van der Waals surface area contributed by atoms with Gasteiger partial charge in [-0.2, -0.15) is 0 Å². The summed E-state index contributed by atoms with van der Waals surface area (Å²) < 4.78 is 7.15. The third-order valence-electron chi connectivity index (χ3n) is 3.27. The van der Waals surface area contributed by atoms with Crippen molar-refractivity contribution in [2.24, 2.45) is 0 Å². The summed E-state index contributed by atoms with van der Waals surface area (Å²) in [5, 5.41) is 3.96. The number of carbonyl (C=O) groups excluding carboxylic acids is 1. The lowest BCUT2D eigenvalue weighted by molar-refractivity contribution is -0.113. The molecule has 3 rings (SSSR count). The van der Waals surface area contributed by atoms with Gasteiger partial charge in [-0.3, -0.25) is 9.36 Å². The van der Waals surface area contributed by atoms with Crippen molar-refractivity contribution < 1.29 is 9.53 Å². The lowest BCUT2D eigenvalue weighted by Gasteiger charge is -2.09. The zero-order valence-electron chi connectivity index (χ0n) is 13.3. The second kappa shape index (κ2) is 8.04. The molecule has 1 N–H and O–H groups in total. The number of hydrogen-bond acceptors (Lipinski definition) is 5. The summed E-state index contributed by atoms with van der Waals surface area (Å²) in [6, 6.07) is 11.0. The Labute approximate surface area is 154 Å². The van der Waals surface area contributed by atoms with E-state index in [0.717, 1.165) is 11.4 Å². The SMILES string of the molecule is COc1cccc(-n2ccnc2SCC(=O)Nc2ccc(Cl)cn2)c1. The average molecular weight is 375 g/mol. The summed E-state index contributed by atoms with van der Waals surface area (Å²) in [5.41, 5.74) is 0.916. The fourth-order valence-corrected chi connectivity index (χ4v) is 3.00. The number of methoxy groups -OCH3 is 1. The lowest BCUT2D eigenvalue weighted by atomic mass is 10.3. The van der Waals surface area contributed by atoms with E-state index < -0.39 is 0 Å². The number of carbonyl (C=O) groups is 1. The monoisotopic (exact) mass is 374 g/mol. The fourth-order valence-electron chi connectivity index (χ4n) is 2.11. The molecule has 1 aromatic carbocycles. The van der Waals surface area contributed by atoms with E-state index in [4.69, 9.17) is 16.3 Å². The highest BCUT2D eigenvalue weighted by molar-refractivity contribution is 7.99. The third-order valence-corrected chi connectivity index (χ3v) is 4.46. The Hall–Kier alpha value is -2.51. The first-order valence-corrected chi connectivity index (χ1v) is 8.74. The summed E-state index contributed by atoms with van der Waals surface area (Å²) in [6.07, 6.45) is 5.02. The Balaban J connectivity index is 1.65. The maximum atomic E-state index is 12.1. The third kappa shape index (κ3) is 4.52. The molecule has 0 spiro atoms. The minimum atomic E-state index is -0.167. The van der Waals surface area contributed by atoms with E-state index in [2.05, 4.69) is 15.3 Å². The zero-order valence-corrected chi connectivity index (χ0v) is 14.9. The molecule has 1 amide bonds.